The van der Waals surface area contributed by atoms with Crippen molar-refractivity contribution >= 4 is 35.8 Å². The Kier molecular flexibility index (Phi) is 17.8. The Hall–Kier alpha value is -4.94. The van der Waals surface area contributed by atoms with Gasteiger partial charge >= 0.3 is 18.0 Å². The van der Waals surface area contributed by atoms with Crippen LogP contribution in [0.4, 0.5) is 4.79 Å². The Balaban J connectivity index is 1.71. The number of primary amides is 1. The molecule has 5 N–H and O–H groups in total. The van der Waals surface area contributed by atoms with E-state index < -0.39 is 59.9 Å². The van der Waals surface area contributed by atoms with E-state index in [1.54, 1.807) is 36.4 Å². The van der Waals surface area contributed by atoms with Crippen LogP contribution in [0.25, 0.3) is 0 Å². The molecule has 13 heteroatoms. The molecule has 2 aromatic carbocycles. The molecule has 0 heterocycles. The highest BCUT2D eigenvalue weighted by atomic mass is 16.6. The number of carbonyl (C=O) groups is 6. The minimum Gasteiger partial charge on any atom is -0.462 e. The second-order valence-electron chi connectivity index (χ2n) is 14.5. The Morgan fingerprint density at radius 1 is 0.717 bits per heavy atom. The lowest BCUT2D eigenvalue weighted by molar-refractivity contribution is -0.155. The largest absolute Gasteiger partial charge is 0.462 e. The van der Waals surface area contributed by atoms with E-state index in [-0.39, 0.29) is 37.9 Å². The topological polar surface area (TPSA) is 192 Å². The van der Waals surface area contributed by atoms with E-state index in [1.807, 2.05) is 45.0 Å². The molecule has 0 radical (unpaired) electrons. The molecule has 0 aromatic heterocycles. The molecule has 0 saturated heterocycles. The molecule has 0 aliphatic heterocycles. The van der Waals surface area contributed by atoms with E-state index >= 15 is 0 Å². The van der Waals surface area contributed by atoms with Crippen molar-refractivity contribution in [2.75, 3.05) is 0 Å². The van der Waals surface area contributed by atoms with Gasteiger partial charge in [-0.3, -0.25) is 24.0 Å². The Morgan fingerprint density at radius 3 is 1.92 bits per heavy atom. The van der Waals surface area contributed by atoms with Gasteiger partial charge in [0.05, 0.1) is 6.42 Å². The van der Waals surface area contributed by atoms with Crippen LogP contribution in [0, 0.1) is 0 Å². The van der Waals surface area contributed by atoms with Gasteiger partial charge in [0.25, 0.3) is 0 Å². The summed E-state index contributed by atoms with van der Waals surface area (Å²) in [6, 6.07) is 14.3. The van der Waals surface area contributed by atoms with Crippen LogP contribution in [0.1, 0.15) is 109 Å². The second-order valence-corrected chi connectivity index (χ2v) is 14.5. The molecule has 4 amide bonds. The Bertz CT molecular complexity index is 1470. The van der Waals surface area contributed by atoms with Gasteiger partial charge in [0, 0.05) is 12.8 Å². The summed E-state index contributed by atoms with van der Waals surface area (Å²) >= 11 is 0. The molecular weight excluding hydrogens is 680 g/mol. The fraction of sp³-hybridized carbons (Fsp3) is 0.550. The maximum absolute atomic E-state index is 13.8. The third kappa shape index (κ3) is 17.4. The van der Waals surface area contributed by atoms with Crippen molar-refractivity contribution in [2.24, 2.45) is 5.73 Å². The molecule has 1 aliphatic rings. The van der Waals surface area contributed by atoms with Crippen molar-refractivity contribution < 1.29 is 43.0 Å². The zero-order chi connectivity index (χ0) is 38.6. The summed E-state index contributed by atoms with van der Waals surface area (Å²) in [6.07, 6.45) is 5.65. The van der Waals surface area contributed by atoms with Gasteiger partial charge in [0.15, 0.2) is 0 Å². The number of benzene rings is 2. The van der Waals surface area contributed by atoms with Crippen LogP contribution in [0.2, 0.25) is 0 Å². The van der Waals surface area contributed by atoms with Crippen molar-refractivity contribution in [2.45, 2.75) is 141 Å². The number of hydrogen-bond acceptors (Lipinski definition) is 9. The SMILES string of the molecule is CC(C)(C)OC(=O)CCCCCC[C@H](NC(=O)OCc1ccccc1)C(=O)N[C@@H](CC(=O)OC1CCCCC1)C(=O)N[C@@H](Cc1ccccc1)C(N)=O. The number of hydrogen-bond donors (Lipinski definition) is 4. The highest BCUT2D eigenvalue weighted by molar-refractivity contribution is 5.95. The van der Waals surface area contributed by atoms with Gasteiger partial charge in [-0.15, -0.1) is 0 Å². The normalized spacial score (nSPS) is 14.8. The van der Waals surface area contributed by atoms with Crippen LogP contribution in [0.5, 0.6) is 0 Å². The van der Waals surface area contributed by atoms with E-state index in [4.69, 9.17) is 19.9 Å². The van der Waals surface area contributed by atoms with Gasteiger partial charge in [0.1, 0.15) is 36.4 Å². The highest BCUT2D eigenvalue weighted by Crippen LogP contribution is 2.21. The number of nitrogens with one attached hydrogen (secondary N) is 3. The van der Waals surface area contributed by atoms with Gasteiger partial charge < -0.3 is 35.9 Å². The lowest BCUT2D eigenvalue weighted by Crippen LogP contribution is -2.57. The van der Waals surface area contributed by atoms with Gasteiger partial charge in [-0.05, 0) is 70.4 Å². The highest BCUT2D eigenvalue weighted by Gasteiger charge is 2.32. The summed E-state index contributed by atoms with van der Waals surface area (Å²) in [5.41, 5.74) is 6.58. The van der Waals surface area contributed by atoms with Crippen molar-refractivity contribution in [1.82, 2.24) is 16.0 Å². The van der Waals surface area contributed by atoms with E-state index in [1.165, 1.54) is 0 Å². The summed E-state index contributed by atoms with van der Waals surface area (Å²) in [7, 11) is 0. The number of ether oxygens (including phenoxy) is 3. The summed E-state index contributed by atoms with van der Waals surface area (Å²) in [6.45, 7) is 5.40. The van der Waals surface area contributed by atoms with E-state index in [0.29, 0.717) is 38.5 Å². The molecule has 1 saturated carbocycles. The van der Waals surface area contributed by atoms with Gasteiger partial charge in [-0.1, -0.05) is 86.3 Å². The lowest BCUT2D eigenvalue weighted by atomic mass is 9.98. The maximum atomic E-state index is 13.8. The monoisotopic (exact) mass is 736 g/mol. The first-order valence-corrected chi connectivity index (χ1v) is 18.6. The van der Waals surface area contributed by atoms with Crippen LogP contribution >= 0.6 is 0 Å². The van der Waals surface area contributed by atoms with E-state index in [9.17, 15) is 28.8 Å². The fourth-order valence-corrected chi connectivity index (χ4v) is 5.95. The minimum atomic E-state index is -1.44. The Labute approximate surface area is 312 Å². The number of amides is 4. The first-order chi connectivity index (χ1) is 25.3. The van der Waals surface area contributed by atoms with Crippen molar-refractivity contribution in [3.05, 3.63) is 71.8 Å². The van der Waals surface area contributed by atoms with Gasteiger partial charge in [0.2, 0.25) is 17.7 Å². The molecule has 0 spiro atoms. The average Bonchev–Trinajstić information content (AvgIpc) is 3.11. The molecule has 2 aromatic rings. The summed E-state index contributed by atoms with van der Waals surface area (Å²) in [5.74, 6) is -3.27. The smallest absolute Gasteiger partial charge is 0.408 e. The fourth-order valence-electron chi connectivity index (χ4n) is 5.95. The molecular formula is C40H56N4O9. The number of alkyl carbamates (subject to hydrolysis) is 1. The van der Waals surface area contributed by atoms with Crippen molar-refractivity contribution in [3.63, 3.8) is 0 Å². The molecule has 13 nitrogen and oxygen atoms in total. The maximum Gasteiger partial charge on any atom is 0.408 e. The first kappa shape index (κ1) is 42.5. The predicted octanol–water partition coefficient (Wildman–Crippen LogP) is 4.93. The zero-order valence-electron chi connectivity index (χ0n) is 31.2. The standard InChI is InChI=1S/C40H56N4O9/c1-40(2,3)53-34(45)24-16-5-4-15-23-31(44-39(50)51-27-29-19-11-7-12-20-29)37(48)43-33(26-35(46)52-30-21-13-8-14-22-30)38(49)42-32(36(41)47)25-28-17-9-6-10-18-28/h6-7,9-12,17-20,30-33H,4-5,8,13-16,21-27H2,1-3H3,(H2,41,47)(H,42,49)(H,43,48)(H,44,50)/t31-,32-,33-/m0/s1. The van der Waals surface area contributed by atoms with Crippen molar-refractivity contribution in [1.29, 1.82) is 0 Å². The molecule has 290 valence electrons. The van der Waals surface area contributed by atoms with Crippen LogP contribution in [-0.4, -0.2) is 65.6 Å². The number of rotatable bonds is 20. The first-order valence-electron chi connectivity index (χ1n) is 18.6. The minimum absolute atomic E-state index is 0.0281. The average molecular weight is 737 g/mol. The van der Waals surface area contributed by atoms with Crippen LogP contribution in [0.15, 0.2) is 60.7 Å². The predicted molar refractivity (Wildman–Crippen MR) is 198 cm³/mol. The summed E-state index contributed by atoms with van der Waals surface area (Å²) in [5, 5.41) is 7.83. The third-order valence-electron chi connectivity index (χ3n) is 8.66. The lowest BCUT2D eigenvalue weighted by Gasteiger charge is -2.26. The quantitative estimate of drug-likeness (QED) is 0.0829. The van der Waals surface area contributed by atoms with Crippen LogP contribution < -0.4 is 21.7 Å². The number of unbranched alkanes of at least 4 members (excludes halogenated alkanes) is 3. The van der Waals surface area contributed by atoms with Gasteiger partial charge in [-0.2, -0.15) is 0 Å². The molecule has 3 atom stereocenters. The molecule has 1 aliphatic carbocycles. The van der Waals surface area contributed by atoms with Crippen LogP contribution in [-0.2, 0) is 51.2 Å². The second kappa shape index (κ2) is 22.2. The van der Waals surface area contributed by atoms with E-state index in [0.717, 1.165) is 30.4 Å². The zero-order valence-corrected chi connectivity index (χ0v) is 31.2. The van der Waals surface area contributed by atoms with E-state index in [2.05, 4.69) is 16.0 Å². The number of esters is 2. The third-order valence-corrected chi connectivity index (χ3v) is 8.66. The summed E-state index contributed by atoms with van der Waals surface area (Å²) in [4.78, 5) is 78.0. The molecule has 1 fully saturated rings. The number of carbonyl (C=O) groups excluding carboxylic acids is 6. The van der Waals surface area contributed by atoms with Crippen LogP contribution in [0.3, 0.4) is 0 Å². The van der Waals surface area contributed by atoms with Crippen molar-refractivity contribution in [3.8, 4) is 0 Å². The molecule has 0 bridgehead atoms. The molecule has 53 heavy (non-hydrogen) atoms. The Morgan fingerprint density at radius 2 is 1.30 bits per heavy atom. The molecule has 3 rings (SSSR count). The summed E-state index contributed by atoms with van der Waals surface area (Å²) < 4.78 is 16.4. The molecule has 0 unspecified atom stereocenters. The number of nitrogens with two attached hydrogens (primary N) is 1. The van der Waals surface area contributed by atoms with Gasteiger partial charge in [-0.25, -0.2) is 4.79 Å².